The summed E-state index contributed by atoms with van der Waals surface area (Å²) >= 11 is 1.42. The summed E-state index contributed by atoms with van der Waals surface area (Å²) in [5.41, 5.74) is 1.22. The van der Waals surface area contributed by atoms with Gasteiger partial charge in [-0.05, 0) is 32.0 Å². The Morgan fingerprint density at radius 3 is 3.13 bits per heavy atom. The fourth-order valence-electron chi connectivity index (χ4n) is 1.74. The second kappa shape index (κ2) is 3.83. The van der Waals surface area contributed by atoms with Crippen molar-refractivity contribution in [2.24, 2.45) is 0 Å². The zero-order chi connectivity index (χ0) is 11.0. The maximum atomic E-state index is 10.4. The van der Waals surface area contributed by atoms with Crippen LogP contribution >= 0.6 is 11.3 Å². The summed E-state index contributed by atoms with van der Waals surface area (Å²) in [7, 11) is 2.07. The number of carbonyl (C=O) groups is 1. The molecule has 0 aliphatic carbocycles. The number of carboxylic acid groups (broad SMARTS) is 1. The molecule has 1 aliphatic heterocycles. The fourth-order valence-corrected chi connectivity index (χ4v) is 2.84. The highest BCUT2D eigenvalue weighted by Gasteiger charge is 2.23. The van der Waals surface area contributed by atoms with Crippen molar-refractivity contribution in [1.82, 2.24) is 4.90 Å². The minimum Gasteiger partial charge on any atom is -0.449 e. The number of rotatable bonds is 1. The molecule has 1 N–H and O–H groups in total. The molecule has 0 bridgehead atoms. The second-order valence-corrected chi connectivity index (χ2v) is 4.95. The first-order valence-electron chi connectivity index (χ1n) is 4.79. The molecule has 1 aromatic rings. The first-order valence-corrected chi connectivity index (χ1v) is 5.60. The van der Waals surface area contributed by atoms with Crippen LogP contribution in [-0.2, 0) is 13.0 Å². The Morgan fingerprint density at radius 2 is 2.47 bits per heavy atom. The Balaban J connectivity index is 2.21. The summed E-state index contributed by atoms with van der Waals surface area (Å²) in [6, 6.07) is 2.35. The molecule has 82 valence electrons. The van der Waals surface area contributed by atoms with E-state index < -0.39 is 6.16 Å². The monoisotopic (exact) mass is 227 g/mol. The number of hydrogen-bond acceptors (Lipinski definition) is 4. The van der Waals surface area contributed by atoms with Crippen LogP contribution in [0.3, 0.4) is 0 Å². The number of thiophene rings is 1. The van der Waals surface area contributed by atoms with Crippen molar-refractivity contribution in [3.05, 3.63) is 16.5 Å². The Bertz CT molecular complexity index is 361. The Labute approximate surface area is 92.1 Å². The van der Waals surface area contributed by atoms with Gasteiger partial charge < -0.3 is 9.84 Å². The predicted molar refractivity (Wildman–Crippen MR) is 57.6 cm³/mol. The second-order valence-electron chi connectivity index (χ2n) is 3.85. The Kier molecular flexibility index (Phi) is 2.67. The van der Waals surface area contributed by atoms with Gasteiger partial charge in [-0.25, -0.2) is 4.79 Å². The lowest BCUT2D eigenvalue weighted by atomic mass is 10.0. The minimum absolute atomic E-state index is 0.481. The number of hydrogen-bond donors (Lipinski definition) is 1. The van der Waals surface area contributed by atoms with Crippen molar-refractivity contribution in [2.45, 2.75) is 25.9 Å². The van der Waals surface area contributed by atoms with Gasteiger partial charge in [-0.2, -0.15) is 0 Å². The molecule has 2 heterocycles. The van der Waals surface area contributed by atoms with Crippen molar-refractivity contribution in [1.29, 1.82) is 0 Å². The molecular formula is C10H13NO3S. The average molecular weight is 227 g/mol. The van der Waals surface area contributed by atoms with E-state index in [1.54, 1.807) is 0 Å². The van der Waals surface area contributed by atoms with Crippen molar-refractivity contribution in [2.75, 3.05) is 7.05 Å². The maximum absolute atomic E-state index is 10.4. The van der Waals surface area contributed by atoms with Crippen LogP contribution in [0.2, 0.25) is 0 Å². The van der Waals surface area contributed by atoms with Gasteiger partial charge in [0.1, 0.15) is 0 Å². The molecule has 2 rings (SSSR count). The minimum atomic E-state index is -1.24. The van der Waals surface area contributed by atoms with Gasteiger partial charge in [0.15, 0.2) is 5.06 Å². The van der Waals surface area contributed by atoms with Gasteiger partial charge in [0.25, 0.3) is 0 Å². The van der Waals surface area contributed by atoms with E-state index in [2.05, 4.69) is 23.6 Å². The summed E-state index contributed by atoms with van der Waals surface area (Å²) in [5.74, 6) is 0. The highest BCUT2D eigenvalue weighted by Crippen LogP contribution is 2.34. The number of ether oxygens (including phenoxy) is 1. The molecule has 0 spiro atoms. The molecule has 0 fully saturated rings. The lowest BCUT2D eigenvalue weighted by Crippen LogP contribution is -2.34. The zero-order valence-electron chi connectivity index (χ0n) is 8.69. The lowest BCUT2D eigenvalue weighted by molar-refractivity contribution is 0.146. The predicted octanol–water partition coefficient (Wildman–Crippen LogP) is 2.18. The van der Waals surface area contributed by atoms with Gasteiger partial charge >= 0.3 is 6.16 Å². The van der Waals surface area contributed by atoms with Crippen LogP contribution in [0.5, 0.6) is 5.06 Å². The van der Waals surface area contributed by atoms with Crippen molar-refractivity contribution in [3.8, 4) is 5.06 Å². The van der Waals surface area contributed by atoms with E-state index in [4.69, 9.17) is 5.11 Å². The molecule has 4 nitrogen and oxygen atoms in total. The lowest BCUT2D eigenvalue weighted by Gasteiger charge is -2.29. The van der Waals surface area contributed by atoms with Crippen LogP contribution in [0.25, 0.3) is 0 Å². The van der Waals surface area contributed by atoms with E-state index in [1.807, 2.05) is 6.07 Å². The molecule has 0 radical (unpaired) electrons. The molecule has 1 unspecified atom stereocenters. The van der Waals surface area contributed by atoms with Gasteiger partial charge in [0.05, 0.1) is 0 Å². The van der Waals surface area contributed by atoms with Gasteiger partial charge in [-0.15, -0.1) is 11.3 Å². The van der Waals surface area contributed by atoms with E-state index in [0.717, 1.165) is 13.0 Å². The summed E-state index contributed by atoms with van der Waals surface area (Å²) in [5, 5.41) is 8.99. The summed E-state index contributed by atoms with van der Waals surface area (Å²) in [4.78, 5) is 13.9. The molecule has 0 saturated heterocycles. The standard InChI is InChI=1S/C10H13NO3S/c1-6-3-7-4-9(14-10(12)13)15-8(7)5-11(6)2/h4,6H,3,5H2,1-2H3,(H,12,13). The SMILES string of the molecule is CC1Cc2cc(OC(=O)O)sc2CN1C. The average Bonchev–Trinajstić information content (AvgIpc) is 2.46. The smallest absolute Gasteiger partial charge is 0.449 e. The maximum Gasteiger partial charge on any atom is 0.512 e. The number of fused-ring (bicyclic) bond motifs is 1. The first-order chi connectivity index (χ1) is 7.06. The third-order valence-electron chi connectivity index (χ3n) is 2.72. The first kappa shape index (κ1) is 10.4. The van der Waals surface area contributed by atoms with Gasteiger partial charge in [-0.3, -0.25) is 4.90 Å². The van der Waals surface area contributed by atoms with E-state index in [0.29, 0.717) is 11.1 Å². The van der Waals surface area contributed by atoms with Gasteiger partial charge in [0, 0.05) is 17.5 Å². The third kappa shape index (κ3) is 2.13. The van der Waals surface area contributed by atoms with Crippen LogP contribution in [0.15, 0.2) is 6.07 Å². The normalized spacial score (nSPS) is 21.1. The van der Waals surface area contributed by atoms with Crippen molar-refractivity contribution < 1.29 is 14.6 Å². The molecule has 5 heteroatoms. The van der Waals surface area contributed by atoms with Crippen LogP contribution in [-0.4, -0.2) is 29.3 Å². The highest BCUT2D eigenvalue weighted by atomic mass is 32.1. The molecule has 0 aromatic carbocycles. The van der Waals surface area contributed by atoms with Gasteiger partial charge in [0.2, 0.25) is 0 Å². The molecule has 1 atom stereocenters. The van der Waals surface area contributed by atoms with E-state index in [-0.39, 0.29) is 0 Å². The Hall–Kier alpha value is -1.07. The summed E-state index contributed by atoms with van der Waals surface area (Å²) in [6.07, 6.45) is -0.277. The van der Waals surface area contributed by atoms with Crippen LogP contribution < -0.4 is 4.74 Å². The largest absolute Gasteiger partial charge is 0.512 e. The number of nitrogens with zero attached hydrogens (tertiary/aromatic N) is 1. The quantitative estimate of drug-likeness (QED) is 0.747. The van der Waals surface area contributed by atoms with E-state index >= 15 is 0 Å². The van der Waals surface area contributed by atoms with Crippen LogP contribution in [0.4, 0.5) is 4.79 Å². The molecule has 1 aliphatic rings. The van der Waals surface area contributed by atoms with Crippen molar-refractivity contribution >= 4 is 17.5 Å². The molecular weight excluding hydrogens is 214 g/mol. The molecule has 0 amide bonds. The summed E-state index contributed by atoms with van der Waals surface area (Å²) < 4.78 is 4.65. The Morgan fingerprint density at radius 1 is 1.73 bits per heavy atom. The van der Waals surface area contributed by atoms with Crippen LogP contribution in [0.1, 0.15) is 17.4 Å². The fraction of sp³-hybridized carbons (Fsp3) is 0.500. The van der Waals surface area contributed by atoms with Crippen LogP contribution in [0, 0.1) is 0 Å². The van der Waals surface area contributed by atoms with E-state index in [9.17, 15) is 4.79 Å². The summed E-state index contributed by atoms with van der Waals surface area (Å²) in [6.45, 7) is 3.04. The van der Waals surface area contributed by atoms with E-state index in [1.165, 1.54) is 21.8 Å². The highest BCUT2D eigenvalue weighted by molar-refractivity contribution is 7.14. The molecule has 0 saturated carbocycles. The molecule has 15 heavy (non-hydrogen) atoms. The molecule has 1 aromatic heterocycles. The number of likely N-dealkylation sites (N-methyl/N-ethyl adjacent to an activating group) is 1. The zero-order valence-corrected chi connectivity index (χ0v) is 9.50. The topological polar surface area (TPSA) is 49.8 Å². The van der Waals surface area contributed by atoms with Gasteiger partial charge in [-0.1, -0.05) is 0 Å². The third-order valence-corrected chi connectivity index (χ3v) is 3.76. The van der Waals surface area contributed by atoms with Crippen molar-refractivity contribution in [3.63, 3.8) is 0 Å².